The van der Waals surface area contributed by atoms with Crippen LogP contribution in [0.2, 0.25) is 0 Å². The number of hydrogen-bond donors (Lipinski definition) is 1. The van der Waals surface area contributed by atoms with Gasteiger partial charge in [0, 0.05) is 16.1 Å². The number of allylic oxidation sites excluding steroid dienone is 2. The van der Waals surface area contributed by atoms with E-state index < -0.39 is 0 Å². The number of hydrogen-bond acceptors (Lipinski definition) is 3. The van der Waals surface area contributed by atoms with Crippen molar-refractivity contribution in [2.45, 2.75) is 25.3 Å². The van der Waals surface area contributed by atoms with Gasteiger partial charge in [-0.05, 0) is 54.2 Å². The number of rotatable bonds is 2. The van der Waals surface area contributed by atoms with Crippen molar-refractivity contribution in [2.24, 2.45) is 5.92 Å². The predicted molar refractivity (Wildman–Crippen MR) is 103 cm³/mol. The Morgan fingerprint density at radius 3 is 2.68 bits per heavy atom. The van der Waals surface area contributed by atoms with E-state index in [2.05, 4.69) is 64.6 Å². The molecule has 3 atom stereocenters. The number of carbonyl (C=O) groups is 1. The summed E-state index contributed by atoms with van der Waals surface area (Å²) in [5, 5.41) is 3.73. The highest BCUT2D eigenvalue weighted by atomic mass is 79.9. The van der Waals surface area contributed by atoms with Gasteiger partial charge in [0.15, 0.2) is 0 Å². The van der Waals surface area contributed by atoms with E-state index in [1.165, 1.54) is 12.7 Å². The summed E-state index contributed by atoms with van der Waals surface area (Å²) in [6, 6.07) is 12.6. The highest BCUT2D eigenvalue weighted by Crippen LogP contribution is 2.51. The molecule has 3 nitrogen and oxygen atoms in total. The van der Waals surface area contributed by atoms with Gasteiger partial charge in [-0.3, -0.25) is 0 Å². The SMILES string of the molecule is COC(=O)c1ccc(C)c2c1[C@@H]1C=CC[C@H]1[C@@H](c1ccc(Br)cc1)N2. The molecule has 1 aliphatic heterocycles. The van der Waals surface area contributed by atoms with Gasteiger partial charge in [0.05, 0.1) is 18.7 Å². The molecule has 0 saturated heterocycles. The molecule has 1 aliphatic carbocycles. The predicted octanol–water partition coefficient (Wildman–Crippen LogP) is 5.37. The summed E-state index contributed by atoms with van der Waals surface area (Å²) >= 11 is 3.51. The zero-order valence-corrected chi connectivity index (χ0v) is 15.8. The van der Waals surface area contributed by atoms with Crippen LogP contribution in [-0.4, -0.2) is 13.1 Å². The van der Waals surface area contributed by atoms with E-state index in [0.29, 0.717) is 11.5 Å². The van der Waals surface area contributed by atoms with Gasteiger partial charge < -0.3 is 10.1 Å². The van der Waals surface area contributed by atoms with Crippen LogP contribution in [0.5, 0.6) is 0 Å². The Balaban J connectivity index is 1.85. The average Bonchev–Trinajstić information content (AvgIpc) is 3.11. The summed E-state index contributed by atoms with van der Waals surface area (Å²) in [7, 11) is 1.44. The molecule has 1 N–H and O–H groups in total. The molecule has 0 amide bonds. The van der Waals surface area contributed by atoms with Gasteiger partial charge in [0.1, 0.15) is 0 Å². The van der Waals surface area contributed by atoms with Crippen LogP contribution in [0.1, 0.15) is 45.4 Å². The van der Waals surface area contributed by atoms with E-state index >= 15 is 0 Å². The van der Waals surface area contributed by atoms with Gasteiger partial charge in [0.2, 0.25) is 0 Å². The van der Waals surface area contributed by atoms with Crippen molar-refractivity contribution in [1.29, 1.82) is 0 Å². The molecule has 4 heteroatoms. The van der Waals surface area contributed by atoms with Crippen LogP contribution in [0.25, 0.3) is 0 Å². The molecule has 0 saturated carbocycles. The first kappa shape index (κ1) is 16.4. The minimum Gasteiger partial charge on any atom is -0.465 e. The van der Waals surface area contributed by atoms with E-state index in [1.807, 2.05) is 12.1 Å². The molecule has 0 unspecified atom stereocenters. The van der Waals surface area contributed by atoms with Crippen molar-refractivity contribution in [3.05, 3.63) is 75.3 Å². The summed E-state index contributed by atoms with van der Waals surface area (Å²) in [5.74, 6) is 0.372. The second-order valence-electron chi connectivity index (χ2n) is 6.74. The molecule has 0 bridgehead atoms. The standard InChI is InChI=1S/C21H20BrNO2/c1-12-6-11-17(21(24)25-2)18-15-4-3-5-16(15)20(23-19(12)18)13-7-9-14(22)10-8-13/h3-4,6-11,15-16,20,23H,5H2,1-2H3/t15-,16-,20-/m1/s1. The maximum absolute atomic E-state index is 12.3. The van der Waals surface area contributed by atoms with Crippen LogP contribution in [0.4, 0.5) is 5.69 Å². The van der Waals surface area contributed by atoms with Crippen molar-refractivity contribution in [3.63, 3.8) is 0 Å². The first-order chi connectivity index (χ1) is 12.1. The number of ether oxygens (including phenoxy) is 1. The van der Waals surface area contributed by atoms with Crippen LogP contribution < -0.4 is 5.32 Å². The molecule has 0 fully saturated rings. The number of anilines is 1. The lowest BCUT2D eigenvalue weighted by atomic mass is 9.75. The fourth-order valence-corrected chi connectivity index (χ4v) is 4.41. The van der Waals surface area contributed by atoms with E-state index in [9.17, 15) is 4.79 Å². The summed E-state index contributed by atoms with van der Waals surface area (Å²) in [6.45, 7) is 2.09. The number of esters is 1. The fourth-order valence-electron chi connectivity index (χ4n) is 4.14. The molecule has 2 aromatic carbocycles. The third kappa shape index (κ3) is 2.69. The summed E-state index contributed by atoms with van der Waals surface area (Å²) in [4.78, 5) is 12.3. The lowest BCUT2D eigenvalue weighted by Gasteiger charge is -2.39. The number of halogens is 1. The Bertz CT molecular complexity index is 857. The highest BCUT2D eigenvalue weighted by molar-refractivity contribution is 9.10. The molecule has 0 radical (unpaired) electrons. The van der Waals surface area contributed by atoms with Crippen molar-refractivity contribution >= 4 is 27.6 Å². The zero-order valence-electron chi connectivity index (χ0n) is 14.3. The molecule has 25 heavy (non-hydrogen) atoms. The molecular weight excluding hydrogens is 378 g/mol. The molecule has 128 valence electrons. The fraction of sp³-hybridized carbons (Fsp3) is 0.286. The molecule has 4 rings (SSSR count). The second kappa shape index (κ2) is 6.34. The van der Waals surface area contributed by atoms with Crippen LogP contribution >= 0.6 is 15.9 Å². The Labute approximate surface area is 156 Å². The lowest BCUT2D eigenvalue weighted by molar-refractivity contribution is 0.0598. The maximum atomic E-state index is 12.3. The smallest absolute Gasteiger partial charge is 0.338 e. The number of benzene rings is 2. The summed E-state index contributed by atoms with van der Waals surface area (Å²) in [6.07, 6.45) is 5.50. The van der Waals surface area contributed by atoms with Gasteiger partial charge in [-0.1, -0.05) is 46.3 Å². The van der Waals surface area contributed by atoms with E-state index in [0.717, 1.165) is 27.7 Å². The Morgan fingerprint density at radius 1 is 1.20 bits per heavy atom. The number of methoxy groups -OCH3 is 1. The van der Waals surface area contributed by atoms with Crippen LogP contribution in [0.3, 0.4) is 0 Å². The first-order valence-electron chi connectivity index (χ1n) is 8.50. The van der Waals surface area contributed by atoms with E-state index in [-0.39, 0.29) is 17.9 Å². The molecule has 1 heterocycles. The quantitative estimate of drug-likeness (QED) is 0.546. The third-order valence-corrected chi connectivity index (χ3v) is 5.89. The van der Waals surface area contributed by atoms with Crippen molar-refractivity contribution in [3.8, 4) is 0 Å². The number of nitrogens with one attached hydrogen (secondary N) is 1. The molecule has 0 spiro atoms. The van der Waals surface area contributed by atoms with E-state index in [4.69, 9.17) is 4.74 Å². The molecule has 2 aliphatic rings. The second-order valence-corrected chi connectivity index (χ2v) is 7.65. The maximum Gasteiger partial charge on any atom is 0.338 e. The van der Waals surface area contributed by atoms with Gasteiger partial charge in [0.25, 0.3) is 0 Å². The topological polar surface area (TPSA) is 38.3 Å². The molecule has 0 aromatic heterocycles. The van der Waals surface area contributed by atoms with Crippen molar-refractivity contribution in [2.75, 3.05) is 12.4 Å². The van der Waals surface area contributed by atoms with Gasteiger partial charge in [-0.25, -0.2) is 4.79 Å². The number of fused-ring (bicyclic) bond motifs is 3. The lowest BCUT2D eigenvalue weighted by Crippen LogP contribution is -2.31. The van der Waals surface area contributed by atoms with E-state index in [1.54, 1.807) is 0 Å². The van der Waals surface area contributed by atoms with Gasteiger partial charge in [-0.15, -0.1) is 0 Å². The highest BCUT2D eigenvalue weighted by Gasteiger charge is 2.40. The summed E-state index contributed by atoms with van der Waals surface area (Å²) in [5.41, 5.74) is 5.26. The molecular formula is C21H20BrNO2. The minimum atomic E-state index is -0.265. The Hall–Kier alpha value is -2.07. The normalized spacial score (nSPS) is 23.6. The Kier molecular flexibility index (Phi) is 4.16. The van der Waals surface area contributed by atoms with Gasteiger partial charge >= 0.3 is 5.97 Å². The largest absolute Gasteiger partial charge is 0.465 e. The third-order valence-electron chi connectivity index (χ3n) is 5.36. The van der Waals surface area contributed by atoms with Crippen LogP contribution in [0, 0.1) is 12.8 Å². The van der Waals surface area contributed by atoms with Crippen LogP contribution in [-0.2, 0) is 4.74 Å². The molecule has 2 aromatic rings. The van der Waals surface area contributed by atoms with Gasteiger partial charge in [-0.2, -0.15) is 0 Å². The van der Waals surface area contributed by atoms with Crippen molar-refractivity contribution < 1.29 is 9.53 Å². The number of aryl methyl sites for hydroxylation is 1. The summed E-state index contributed by atoms with van der Waals surface area (Å²) < 4.78 is 6.10. The number of carbonyl (C=O) groups excluding carboxylic acids is 1. The monoisotopic (exact) mass is 397 g/mol. The van der Waals surface area contributed by atoms with Crippen molar-refractivity contribution in [1.82, 2.24) is 0 Å². The Morgan fingerprint density at radius 2 is 1.96 bits per heavy atom. The minimum absolute atomic E-state index is 0.229. The average molecular weight is 398 g/mol. The van der Waals surface area contributed by atoms with Crippen LogP contribution in [0.15, 0.2) is 53.0 Å². The first-order valence-corrected chi connectivity index (χ1v) is 9.30. The zero-order chi connectivity index (χ0) is 17.6.